The molecule has 26 heavy (non-hydrogen) atoms. The predicted octanol–water partition coefficient (Wildman–Crippen LogP) is 5.46. The van der Waals surface area contributed by atoms with Crippen molar-refractivity contribution in [3.63, 3.8) is 0 Å². The van der Waals surface area contributed by atoms with E-state index in [0.717, 1.165) is 26.9 Å². The third-order valence-electron chi connectivity index (χ3n) is 4.76. The predicted molar refractivity (Wildman–Crippen MR) is 105 cm³/mol. The Morgan fingerprint density at radius 1 is 0.923 bits per heavy atom. The summed E-state index contributed by atoms with van der Waals surface area (Å²) in [4.78, 5) is 15.0. The molecule has 0 N–H and O–H groups in total. The van der Waals surface area contributed by atoms with E-state index in [9.17, 15) is 9.18 Å². The Bertz CT molecular complexity index is 940. The Morgan fingerprint density at radius 3 is 2.38 bits per heavy atom. The molecule has 1 unspecified atom stereocenters. The highest BCUT2D eigenvalue weighted by molar-refractivity contribution is 9.10. The van der Waals surface area contributed by atoms with Gasteiger partial charge in [-0.3, -0.25) is 4.79 Å². The van der Waals surface area contributed by atoms with Gasteiger partial charge in [0.05, 0.1) is 12.5 Å². The van der Waals surface area contributed by atoms with Crippen LogP contribution in [0.2, 0.25) is 0 Å². The van der Waals surface area contributed by atoms with Crippen LogP contribution in [0.15, 0.2) is 77.3 Å². The summed E-state index contributed by atoms with van der Waals surface area (Å²) in [6, 6.07) is 22.4. The van der Waals surface area contributed by atoms with Crippen LogP contribution in [0.5, 0.6) is 0 Å². The van der Waals surface area contributed by atoms with Crippen LogP contribution in [0.25, 0.3) is 0 Å². The fourth-order valence-electron chi connectivity index (χ4n) is 3.47. The van der Waals surface area contributed by atoms with E-state index in [2.05, 4.69) is 28.1 Å². The lowest BCUT2D eigenvalue weighted by Crippen LogP contribution is -2.29. The second-order valence-corrected chi connectivity index (χ2v) is 7.41. The van der Waals surface area contributed by atoms with Gasteiger partial charge in [-0.2, -0.15) is 0 Å². The van der Waals surface area contributed by atoms with E-state index in [1.807, 2.05) is 36.4 Å². The summed E-state index contributed by atoms with van der Waals surface area (Å²) in [7, 11) is 0. The van der Waals surface area contributed by atoms with Crippen LogP contribution in [0.4, 0.5) is 10.1 Å². The highest BCUT2D eigenvalue weighted by Gasteiger charge is 2.37. The lowest BCUT2D eigenvalue weighted by Gasteiger charge is -2.18. The third-order valence-corrected chi connectivity index (χ3v) is 5.25. The number of carbonyl (C=O) groups excluding carboxylic acids is 1. The largest absolute Gasteiger partial charge is 0.307 e. The first kappa shape index (κ1) is 17.0. The third kappa shape index (κ3) is 3.29. The van der Waals surface area contributed by atoms with Crippen molar-refractivity contribution in [2.45, 2.75) is 18.9 Å². The summed E-state index contributed by atoms with van der Waals surface area (Å²) < 4.78 is 14.1. The second kappa shape index (κ2) is 7.04. The number of hydrogen-bond acceptors (Lipinski definition) is 1. The van der Waals surface area contributed by atoms with Crippen molar-refractivity contribution in [3.8, 4) is 0 Å². The lowest BCUT2D eigenvalue weighted by atomic mass is 9.93. The standard InChI is InChI=1S/C22H17BrFNO/c23-17-8-11-19-20(12-15-4-2-1-3-5-15)22(26)25(21(19)13-17)14-16-6-9-18(24)10-7-16/h1-11,13,20H,12,14H2. The van der Waals surface area contributed by atoms with Crippen LogP contribution in [0.1, 0.15) is 22.6 Å². The molecule has 1 heterocycles. The Kier molecular flexibility index (Phi) is 4.60. The van der Waals surface area contributed by atoms with E-state index in [4.69, 9.17) is 0 Å². The molecule has 3 aromatic carbocycles. The minimum absolute atomic E-state index is 0.0891. The van der Waals surface area contributed by atoms with E-state index in [1.165, 1.54) is 12.1 Å². The summed E-state index contributed by atoms with van der Waals surface area (Å²) in [5.41, 5.74) is 4.02. The van der Waals surface area contributed by atoms with Gasteiger partial charge >= 0.3 is 0 Å². The molecule has 1 atom stereocenters. The van der Waals surface area contributed by atoms with Gasteiger partial charge in [-0.25, -0.2) is 4.39 Å². The zero-order valence-electron chi connectivity index (χ0n) is 14.0. The van der Waals surface area contributed by atoms with Gasteiger partial charge in [0.1, 0.15) is 5.82 Å². The topological polar surface area (TPSA) is 20.3 Å². The molecule has 0 aliphatic carbocycles. The quantitative estimate of drug-likeness (QED) is 0.559. The molecule has 3 aromatic rings. The highest BCUT2D eigenvalue weighted by atomic mass is 79.9. The monoisotopic (exact) mass is 409 g/mol. The Labute approximate surface area is 160 Å². The number of nitrogens with zero attached hydrogens (tertiary/aromatic N) is 1. The van der Waals surface area contributed by atoms with Crippen molar-refractivity contribution in [3.05, 3.63) is 99.8 Å². The van der Waals surface area contributed by atoms with Crippen LogP contribution in [0, 0.1) is 5.82 Å². The summed E-state index contributed by atoms with van der Waals surface area (Å²) >= 11 is 3.51. The summed E-state index contributed by atoms with van der Waals surface area (Å²) in [5, 5.41) is 0. The van der Waals surface area contributed by atoms with Gasteiger partial charge in [-0.05, 0) is 47.4 Å². The van der Waals surface area contributed by atoms with E-state index in [0.29, 0.717) is 13.0 Å². The Hall–Kier alpha value is -2.46. The molecule has 1 aliphatic heterocycles. The summed E-state index contributed by atoms with van der Waals surface area (Å²) in [5.74, 6) is -0.376. The molecule has 1 aliphatic rings. The van der Waals surface area contributed by atoms with Crippen molar-refractivity contribution in [1.29, 1.82) is 0 Å². The van der Waals surface area contributed by atoms with Gasteiger partial charge in [0.2, 0.25) is 5.91 Å². The molecule has 0 saturated carbocycles. The van der Waals surface area contributed by atoms with E-state index in [-0.39, 0.29) is 17.6 Å². The van der Waals surface area contributed by atoms with Crippen LogP contribution >= 0.6 is 15.9 Å². The molecule has 0 radical (unpaired) electrons. The van der Waals surface area contributed by atoms with Gasteiger partial charge in [0.15, 0.2) is 0 Å². The molecule has 1 amide bonds. The molecule has 0 bridgehead atoms. The van der Waals surface area contributed by atoms with Gasteiger partial charge in [0, 0.05) is 10.2 Å². The number of amides is 1. The van der Waals surface area contributed by atoms with Crippen molar-refractivity contribution in [2.24, 2.45) is 0 Å². The fraction of sp³-hybridized carbons (Fsp3) is 0.136. The smallest absolute Gasteiger partial charge is 0.235 e. The molecule has 2 nitrogen and oxygen atoms in total. The molecular weight excluding hydrogens is 393 g/mol. The fourth-order valence-corrected chi connectivity index (χ4v) is 3.82. The molecule has 0 fully saturated rings. The molecule has 0 spiro atoms. The zero-order chi connectivity index (χ0) is 18.1. The maximum absolute atomic E-state index is 13.2. The number of halogens is 2. The van der Waals surface area contributed by atoms with E-state index in [1.54, 1.807) is 17.0 Å². The number of hydrogen-bond donors (Lipinski definition) is 0. The highest BCUT2D eigenvalue weighted by Crippen LogP contribution is 2.41. The second-order valence-electron chi connectivity index (χ2n) is 6.50. The summed E-state index contributed by atoms with van der Waals surface area (Å²) in [6.07, 6.45) is 0.675. The molecule has 0 aromatic heterocycles. The number of anilines is 1. The molecular formula is C22H17BrFNO. The molecule has 4 heteroatoms. The van der Waals surface area contributed by atoms with Crippen molar-refractivity contribution < 1.29 is 9.18 Å². The van der Waals surface area contributed by atoms with Crippen LogP contribution < -0.4 is 4.90 Å². The zero-order valence-corrected chi connectivity index (χ0v) is 15.6. The van der Waals surface area contributed by atoms with Gasteiger partial charge in [0.25, 0.3) is 0 Å². The van der Waals surface area contributed by atoms with Gasteiger partial charge in [-0.1, -0.05) is 64.5 Å². The van der Waals surface area contributed by atoms with Crippen LogP contribution in [-0.4, -0.2) is 5.91 Å². The first-order valence-corrected chi connectivity index (χ1v) is 9.30. The Morgan fingerprint density at radius 2 is 1.65 bits per heavy atom. The number of rotatable bonds is 4. The first-order valence-electron chi connectivity index (χ1n) is 8.51. The van der Waals surface area contributed by atoms with Crippen LogP contribution in [-0.2, 0) is 17.8 Å². The number of fused-ring (bicyclic) bond motifs is 1. The number of carbonyl (C=O) groups is 1. The minimum Gasteiger partial charge on any atom is -0.307 e. The Balaban J connectivity index is 1.68. The van der Waals surface area contributed by atoms with Crippen molar-refractivity contribution in [1.82, 2.24) is 0 Å². The minimum atomic E-state index is -0.272. The van der Waals surface area contributed by atoms with Crippen molar-refractivity contribution in [2.75, 3.05) is 4.90 Å². The van der Waals surface area contributed by atoms with Crippen molar-refractivity contribution >= 4 is 27.5 Å². The molecule has 0 saturated heterocycles. The first-order chi connectivity index (χ1) is 12.6. The molecule has 4 rings (SSSR count). The maximum Gasteiger partial charge on any atom is 0.235 e. The molecule has 130 valence electrons. The lowest BCUT2D eigenvalue weighted by molar-refractivity contribution is -0.119. The van der Waals surface area contributed by atoms with E-state index >= 15 is 0 Å². The van der Waals surface area contributed by atoms with Crippen LogP contribution in [0.3, 0.4) is 0 Å². The number of benzene rings is 3. The van der Waals surface area contributed by atoms with Gasteiger partial charge < -0.3 is 4.90 Å². The summed E-state index contributed by atoms with van der Waals surface area (Å²) in [6.45, 7) is 0.438. The normalized spacial score (nSPS) is 16.0. The maximum atomic E-state index is 13.2. The average molecular weight is 410 g/mol. The average Bonchev–Trinajstić information content (AvgIpc) is 2.89. The van der Waals surface area contributed by atoms with Gasteiger partial charge in [-0.15, -0.1) is 0 Å². The SMILES string of the molecule is O=C1C(Cc2ccccc2)c2ccc(Br)cc2N1Cc1ccc(F)cc1. The van der Waals surface area contributed by atoms with E-state index < -0.39 is 0 Å².